The van der Waals surface area contributed by atoms with Crippen LogP contribution < -0.4 is 5.73 Å². The number of aryl methyl sites for hydroxylation is 2. The van der Waals surface area contributed by atoms with E-state index in [1.54, 1.807) is 0 Å². The van der Waals surface area contributed by atoms with Crippen molar-refractivity contribution in [2.24, 2.45) is 5.73 Å². The molecule has 0 amide bonds. The minimum Gasteiger partial charge on any atom is -0.328 e. The highest BCUT2D eigenvalue weighted by atomic mass is 15.1. The van der Waals surface area contributed by atoms with Gasteiger partial charge in [-0.2, -0.15) is 0 Å². The lowest BCUT2D eigenvalue weighted by Crippen LogP contribution is -2.43. The molecule has 2 N–H and O–H groups in total. The largest absolute Gasteiger partial charge is 0.328 e. The summed E-state index contributed by atoms with van der Waals surface area (Å²) in [6, 6.07) is 6.59. The van der Waals surface area contributed by atoms with Crippen molar-refractivity contribution >= 4 is 11.0 Å². The van der Waals surface area contributed by atoms with Crippen LogP contribution >= 0.6 is 0 Å². The fourth-order valence-electron chi connectivity index (χ4n) is 3.16. The maximum atomic E-state index is 6.40. The average Bonchev–Trinajstić information content (AvgIpc) is 2.85. The molecule has 0 bridgehead atoms. The van der Waals surface area contributed by atoms with Gasteiger partial charge in [0.25, 0.3) is 0 Å². The normalized spacial score (nSPS) is 21.5. The number of nitrogens with zero attached hydrogens (tertiary/aromatic N) is 2. The van der Waals surface area contributed by atoms with E-state index in [1.165, 1.54) is 29.7 Å². The number of aromatic nitrogens is 2. The van der Waals surface area contributed by atoms with Crippen molar-refractivity contribution in [1.29, 1.82) is 0 Å². The van der Waals surface area contributed by atoms with Crippen LogP contribution in [-0.4, -0.2) is 9.55 Å². The van der Waals surface area contributed by atoms with Crippen LogP contribution in [-0.2, 0) is 18.5 Å². The summed E-state index contributed by atoms with van der Waals surface area (Å²) in [6.07, 6.45) is 5.87. The van der Waals surface area contributed by atoms with Crippen LogP contribution in [0.1, 0.15) is 37.1 Å². The van der Waals surface area contributed by atoms with E-state index in [4.69, 9.17) is 5.73 Å². The van der Waals surface area contributed by atoms with E-state index in [-0.39, 0.29) is 5.54 Å². The van der Waals surface area contributed by atoms with Gasteiger partial charge in [0.2, 0.25) is 0 Å². The van der Waals surface area contributed by atoms with Gasteiger partial charge in [-0.15, -0.1) is 0 Å². The summed E-state index contributed by atoms with van der Waals surface area (Å²) < 4.78 is 2.36. The molecule has 1 fully saturated rings. The van der Waals surface area contributed by atoms with Crippen molar-refractivity contribution < 1.29 is 0 Å². The van der Waals surface area contributed by atoms with E-state index in [1.807, 2.05) is 0 Å². The Morgan fingerprint density at radius 2 is 2.12 bits per heavy atom. The molecular formula is C14H17N3. The number of hydrogen-bond donors (Lipinski definition) is 1. The molecule has 2 heterocycles. The summed E-state index contributed by atoms with van der Waals surface area (Å²) in [7, 11) is 0. The standard InChI is InChI=1S/C14H17N3/c15-14(6-2-7-14)10-4-5-11-12(9-10)17-8-1-3-13(17)16-11/h4-5,9H,1-3,6-8,15H2. The van der Waals surface area contributed by atoms with Gasteiger partial charge in [-0.05, 0) is 43.4 Å². The molecule has 1 aromatic heterocycles. The molecule has 0 radical (unpaired) electrons. The van der Waals surface area contributed by atoms with Gasteiger partial charge in [-0.3, -0.25) is 0 Å². The quantitative estimate of drug-likeness (QED) is 0.812. The maximum absolute atomic E-state index is 6.40. The van der Waals surface area contributed by atoms with Crippen LogP contribution in [0.25, 0.3) is 11.0 Å². The first kappa shape index (κ1) is 9.66. The Labute approximate surface area is 101 Å². The van der Waals surface area contributed by atoms with Crippen molar-refractivity contribution in [3.05, 3.63) is 29.6 Å². The minimum absolute atomic E-state index is 0.0580. The van der Waals surface area contributed by atoms with Crippen molar-refractivity contribution in [3.63, 3.8) is 0 Å². The van der Waals surface area contributed by atoms with E-state index in [0.29, 0.717) is 0 Å². The van der Waals surface area contributed by atoms with Crippen molar-refractivity contribution in [2.75, 3.05) is 0 Å². The van der Waals surface area contributed by atoms with E-state index in [2.05, 4.69) is 27.8 Å². The molecule has 3 nitrogen and oxygen atoms in total. The molecule has 0 saturated heterocycles. The lowest BCUT2D eigenvalue weighted by molar-refractivity contribution is 0.254. The van der Waals surface area contributed by atoms with Gasteiger partial charge in [0.05, 0.1) is 11.0 Å². The number of nitrogens with two attached hydrogens (primary N) is 1. The van der Waals surface area contributed by atoms with Gasteiger partial charge >= 0.3 is 0 Å². The fourth-order valence-corrected chi connectivity index (χ4v) is 3.16. The molecule has 2 aromatic rings. The smallest absolute Gasteiger partial charge is 0.109 e. The molecule has 0 spiro atoms. The number of fused-ring (bicyclic) bond motifs is 3. The third-order valence-corrected chi connectivity index (χ3v) is 4.43. The summed E-state index contributed by atoms with van der Waals surface area (Å²) in [5.74, 6) is 1.25. The number of hydrogen-bond acceptors (Lipinski definition) is 2. The minimum atomic E-state index is -0.0580. The van der Waals surface area contributed by atoms with Crippen LogP contribution in [0.2, 0.25) is 0 Å². The molecule has 1 aromatic carbocycles. The molecule has 1 saturated carbocycles. The molecule has 0 atom stereocenters. The summed E-state index contributed by atoms with van der Waals surface area (Å²) in [4.78, 5) is 4.68. The first-order chi connectivity index (χ1) is 8.26. The van der Waals surface area contributed by atoms with Crippen LogP contribution in [0.15, 0.2) is 18.2 Å². The molecule has 1 aliphatic carbocycles. The van der Waals surface area contributed by atoms with Gasteiger partial charge in [0.15, 0.2) is 0 Å². The number of rotatable bonds is 1. The summed E-state index contributed by atoms with van der Waals surface area (Å²) in [5.41, 5.74) is 10.1. The van der Waals surface area contributed by atoms with E-state index in [0.717, 1.165) is 31.3 Å². The zero-order valence-electron chi connectivity index (χ0n) is 9.95. The lowest BCUT2D eigenvalue weighted by atomic mass is 9.73. The Morgan fingerprint density at radius 3 is 2.88 bits per heavy atom. The SMILES string of the molecule is NC1(c2ccc3nc4n(c3c2)CCC4)CCC1. The Bertz CT molecular complexity index is 593. The second kappa shape index (κ2) is 3.10. The average molecular weight is 227 g/mol. The third-order valence-electron chi connectivity index (χ3n) is 4.43. The van der Waals surface area contributed by atoms with Gasteiger partial charge in [-0.1, -0.05) is 6.07 Å². The third kappa shape index (κ3) is 1.23. The topological polar surface area (TPSA) is 43.8 Å². The lowest BCUT2D eigenvalue weighted by Gasteiger charge is -2.38. The van der Waals surface area contributed by atoms with Crippen molar-refractivity contribution in [1.82, 2.24) is 9.55 Å². The van der Waals surface area contributed by atoms with Crippen LogP contribution in [0.3, 0.4) is 0 Å². The predicted octanol–water partition coefficient (Wildman–Crippen LogP) is 2.32. The molecule has 0 unspecified atom stereocenters. The Morgan fingerprint density at radius 1 is 1.24 bits per heavy atom. The molecule has 88 valence electrons. The zero-order chi connectivity index (χ0) is 11.5. The highest BCUT2D eigenvalue weighted by molar-refractivity contribution is 5.77. The fraction of sp³-hybridized carbons (Fsp3) is 0.500. The van der Waals surface area contributed by atoms with E-state index >= 15 is 0 Å². The van der Waals surface area contributed by atoms with Gasteiger partial charge in [0, 0.05) is 18.5 Å². The zero-order valence-corrected chi connectivity index (χ0v) is 9.95. The highest BCUT2D eigenvalue weighted by Gasteiger charge is 2.34. The maximum Gasteiger partial charge on any atom is 0.109 e. The van der Waals surface area contributed by atoms with Crippen molar-refractivity contribution in [2.45, 2.75) is 44.2 Å². The summed E-state index contributed by atoms with van der Waals surface area (Å²) in [5, 5.41) is 0. The van der Waals surface area contributed by atoms with Crippen LogP contribution in [0.4, 0.5) is 0 Å². The summed E-state index contributed by atoms with van der Waals surface area (Å²) in [6.45, 7) is 1.12. The summed E-state index contributed by atoms with van der Waals surface area (Å²) >= 11 is 0. The monoisotopic (exact) mass is 227 g/mol. The molecule has 2 aliphatic rings. The number of benzene rings is 1. The predicted molar refractivity (Wildman–Crippen MR) is 67.8 cm³/mol. The molecule has 1 aliphatic heterocycles. The Balaban J connectivity index is 1.91. The first-order valence-corrected chi connectivity index (χ1v) is 6.55. The van der Waals surface area contributed by atoms with E-state index < -0.39 is 0 Å². The Hall–Kier alpha value is -1.35. The van der Waals surface area contributed by atoms with Gasteiger partial charge in [-0.25, -0.2) is 4.98 Å². The van der Waals surface area contributed by atoms with Crippen LogP contribution in [0.5, 0.6) is 0 Å². The second-order valence-corrected chi connectivity index (χ2v) is 5.50. The van der Waals surface area contributed by atoms with Crippen molar-refractivity contribution in [3.8, 4) is 0 Å². The molecule has 3 heteroatoms. The first-order valence-electron chi connectivity index (χ1n) is 6.55. The Kier molecular flexibility index (Phi) is 1.76. The second-order valence-electron chi connectivity index (χ2n) is 5.50. The van der Waals surface area contributed by atoms with Gasteiger partial charge < -0.3 is 10.3 Å². The highest BCUT2D eigenvalue weighted by Crippen LogP contribution is 2.39. The number of imidazole rings is 1. The molecule has 17 heavy (non-hydrogen) atoms. The van der Waals surface area contributed by atoms with Crippen LogP contribution in [0, 0.1) is 0 Å². The van der Waals surface area contributed by atoms with Gasteiger partial charge in [0.1, 0.15) is 5.82 Å². The molecule has 4 rings (SSSR count). The molecular weight excluding hydrogens is 210 g/mol. The van der Waals surface area contributed by atoms with E-state index in [9.17, 15) is 0 Å².